The molecular weight excluding hydrogens is 262 g/mol. The molecule has 1 heterocycles. The van der Waals surface area contributed by atoms with Gasteiger partial charge in [0.05, 0.1) is 5.56 Å². The van der Waals surface area contributed by atoms with Crippen LogP contribution in [0.4, 0.5) is 0 Å². The van der Waals surface area contributed by atoms with E-state index >= 15 is 0 Å². The third kappa shape index (κ3) is 4.31. The van der Waals surface area contributed by atoms with E-state index in [9.17, 15) is 4.79 Å². The summed E-state index contributed by atoms with van der Waals surface area (Å²) in [5.74, 6) is -0.222. The highest BCUT2D eigenvalue weighted by Gasteiger charge is 2.26. The van der Waals surface area contributed by atoms with Crippen LogP contribution in [0.25, 0.3) is 0 Å². The van der Waals surface area contributed by atoms with Gasteiger partial charge in [-0.25, -0.2) is 4.79 Å². The lowest BCUT2D eigenvalue weighted by atomic mass is 9.97. The topological polar surface area (TPSA) is 29.5 Å². The maximum Gasteiger partial charge on any atom is 0.338 e. The summed E-state index contributed by atoms with van der Waals surface area (Å²) in [5.41, 5.74) is 1.78. The first-order valence-electron chi connectivity index (χ1n) is 8.00. The minimum Gasteiger partial charge on any atom is -0.458 e. The Bertz CT molecular complexity index is 459. The first-order chi connectivity index (χ1) is 9.97. The van der Waals surface area contributed by atoms with Gasteiger partial charge in [0, 0.05) is 18.6 Å². The first-order valence-corrected chi connectivity index (χ1v) is 8.00. The molecule has 1 aromatic carbocycles. The van der Waals surface area contributed by atoms with E-state index in [-0.39, 0.29) is 12.1 Å². The highest BCUT2D eigenvalue weighted by molar-refractivity contribution is 5.89. The number of benzene rings is 1. The number of esters is 1. The molecule has 0 amide bonds. The van der Waals surface area contributed by atoms with Crippen LogP contribution in [-0.2, 0) is 4.74 Å². The van der Waals surface area contributed by atoms with Crippen LogP contribution in [-0.4, -0.2) is 35.6 Å². The minimum absolute atomic E-state index is 0.0817. The van der Waals surface area contributed by atoms with Crippen LogP contribution >= 0.6 is 0 Å². The number of likely N-dealkylation sites (tertiary alicyclic amines) is 1. The summed E-state index contributed by atoms with van der Waals surface area (Å²) in [6, 6.07) is 8.70. The largest absolute Gasteiger partial charge is 0.458 e. The number of ether oxygens (including phenoxy) is 1. The Balaban J connectivity index is 1.90. The molecule has 21 heavy (non-hydrogen) atoms. The molecule has 1 aliphatic heterocycles. The van der Waals surface area contributed by atoms with E-state index in [1.165, 1.54) is 19.3 Å². The van der Waals surface area contributed by atoms with Gasteiger partial charge in [-0.15, -0.1) is 0 Å². The Morgan fingerprint density at radius 1 is 1.24 bits per heavy atom. The zero-order chi connectivity index (χ0) is 15.4. The first kappa shape index (κ1) is 16.0. The van der Waals surface area contributed by atoms with E-state index in [1.807, 2.05) is 38.1 Å². The Labute approximate surface area is 128 Å². The molecule has 0 bridgehead atoms. The van der Waals surface area contributed by atoms with E-state index in [1.54, 1.807) is 0 Å². The summed E-state index contributed by atoms with van der Waals surface area (Å²) in [6.07, 6.45) is 3.70. The molecule has 1 aromatic rings. The Kier molecular flexibility index (Phi) is 5.40. The molecule has 0 saturated carbocycles. The molecule has 3 heteroatoms. The lowest BCUT2D eigenvalue weighted by molar-refractivity contribution is 0.00812. The van der Waals surface area contributed by atoms with Crippen molar-refractivity contribution in [2.45, 2.75) is 65.1 Å². The fourth-order valence-corrected chi connectivity index (χ4v) is 3.11. The van der Waals surface area contributed by atoms with Gasteiger partial charge in [0.2, 0.25) is 0 Å². The second-order valence-corrected chi connectivity index (χ2v) is 6.41. The Hall–Kier alpha value is -1.35. The molecular formula is C18H27NO2. The number of hydrogen-bond donors (Lipinski definition) is 0. The third-order valence-corrected chi connectivity index (χ3v) is 4.44. The van der Waals surface area contributed by atoms with Crippen LogP contribution in [0.3, 0.4) is 0 Å². The van der Waals surface area contributed by atoms with E-state index in [4.69, 9.17) is 4.74 Å². The molecule has 2 rings (SSSR count). The van der Waals surface area contributed by atoms with Gasteiger partial charge in [-0.2, -0.15) is 0 Å². The van der Waals surface area contributed by atoms with Gasteiger partial charge in [-0.3, -0.25) is 4.90 Å². The van der Waals surface area contributed by atoms with Crippen molar-refractivity contribution in [3.63, 3.8) is 0 Å². The molecule has 3 nitrogen and oxygen atoms in total. The molecule has 0 aliphatic carbocycles. The van der Waals surface area contributed by atoms with Crippen molar-refractivity contribution in [1.82, 2.24) is 4.90 Å². The van der Waals surface area contributed by atoms with Crippen molar-refractivity contribution < 1.29 is 9.53 Å². The van der Waals surface area contributed by atoms with Crippen LogP contribution in [0, 0.1) is 6.92 Å². The van der Waals surface area contributed by atoms with Crippen LogP contribution < -0.4 is 0 Å². The standard InChI is InChI=1S/C18H27NO2/c1-13-8-10-17(11-9-13)18(20)21-16(4)12-19-14(2)6-5-7-15(19)3/h8-11,14-16H,5-7,12H2,1-4H3/t14-,15+,16-/m0/s1. The third-order valence-electron chi connectivity index (χ3n) is 4.44. The molecule has 1 fully saturated rings. The van der Waals surface area contributed by atoms with Crippen molar-refractivity contribution in [3.8, 4) is 0 Å². The molecule has 0 aromatic heterocycles. The molecule has 1 aliphatic rings. The van der Waals surface area contributed by atoms with Gasteiger partial charge >= 0.3 is 5.97 Å². The lowest BCUT2D eigenvalue weighted by Gasteiger charge is -2.40. The summed E-state index contributed by atoms with van der Waals surface area (Å²) >= 11 is 0. The van der Waals surface area contributed by atoms with Gasteiger partial charge in [-0.05, 0) is 52.7 Å². The average Bonchev–Trinajstić information content (AvgIpc) is 2.43. The van der Waals surface area contributed by atoms with Gasteiger partial charge in [0.1, 0.15) is 6.10 Å². The maximum absolute atomic E-state index is 12.1. The summed E-state index contributed by atoms with van der Waals surface area (Å²) < 4.78 is 5.60. The number of nitrogens with zero attached hydrogens (tertiary/aromatic N) is 1. The summed E-state index contributed by atoms with van der Waals surface area (Å²) in [6.45, 7) is 9.35. The average molecular weight is 289 g/mol. The zero-order valence-electron chi connectivity index (χ0n) is 13.6. The molecule has 0 radical (unpaired) electrons. The maximum atomic E-state index is 12.1. The second-order valence-electron chi connectivity index (χ2n) is 6.41. The van der Waals surface area contributed by atoms with E-state index in [0.717, 1.165) is 12.1 Å². The Morgan fingerprint density at radius 3 is 2.38 bits per heavy atom. The van der Waals surface area contributed by atoms with E-state index in [2.05, 4.69) is 18.7 Å². The molecule has 0 N–H and O–H groups in total. The molecule has 1 saturated heterocycles. The lowest BCUT2D eigenvalue weighted by Crippen LogP contribution is -2.47. The van der Waals surface area contributed by atoms with Gasteiger partial charge in [-0.1, -0.05) is 24.1 Å². The minimum atomic E-state index is -0.222. The normalized spacial score (nSPS) is 24.6. The predicted octanol–water partition coefficient (Wildman–Crippen LogP) is 3.80. The fourth-order valence-electron chi connectivity index (χ4n) is 3.11. The van der Waals surface area contributed by atoms with E-state index < -0.39 is 0 Å². The van der Waals surface area contributed by atoms with E-state index in [0.29, 0.717) is 17.6 Å². The van der Waals surface area contributed by atoms with Crippen LogP contribution in [0.2, 0.25) is 0 Å². The van der Waals surface area contributed by atoms with Crippen LogP contribution in [0.5, 0.6) is 0 Å². The summed E-state index contributed by atoms with van der Waals surface area (Å²) in [7, 11) is 0. The number of aryl methyl sites for hydroxylation is 1. The van der Waals surface area contributed by atoms with Gasteiger partial charge in [0.25, 0.3) is 0 Å². The predicted molar refractivity (Wildman–Crippen MR) is 85.5 cm³/mol. The number of piperidine rings is 1. The fraction of sp³-hybridized carbons (Fsp3) is 0.611. The molecule has 3 atom stereocenters. The molecule has 0 unspecified atom stereocenters. The van der Waals surface area contributed by atoms with Crippen molar-refractivity contribution in [2.24, 2.45) is 0 Å². The van der Waals surface area contributed by atoms with Crippen LogP contribution in [0.15, 0.2) is 24.3 Å². The van der Waals surface area contributed by atoms with Crippen molar-refractivity contribution in [3.05, 3.63) is 35.4 Å². The Morgan fingerprint density at radius 2 is 1.81 bits per heavy atom. The van der Waals surface area contributed by atoms with Crippen molar-refractivity contribution >= 4 is 5.97 Å². The van der Waals surface area contributed by atoms with Crippen molar-refractivity contribution in [1.29, 1.82) is 0 Å². The highest BCUT2D eigenvalue weighted by Crippen LogP contribution is 2.23. The zero-order valence-corrected chi connectivity index (χ0v) is 13.6. The second kappa shape index (κ2) is 7.08. The van der Waals surface area contributed by atoms with Gasteiger partial charge in [0.15, 0.2) is 0 Å². The number of carbonyl (C=O) groups excluding carboxylic acids is 1. The monoisotopic (exact) mass is 289 g/mol. The quantitative estimate of drug-likeness (QED) is 0.790. The number of hydrogen-bond acceptors (Lipinski definition) is 3. The molecule has 116 valence electrons. The van der Waals surface area contributed by atoms with Crippen molar-refractivity contribution in [2.75, 3.05) is 6.54 Å². The van der Waals surface area contributed by atoms with Crippen LogP contribution in [0.1, 0.15) is 56.0 Å². The summed E-state index contributed by atoms with van der Waals surface area (Å²) in [4.78, 5) is 14.6. The molecule has 0 spiro atoms. The number of rotatable bonds is 4. The number of carbonyl (C=O) groups is 1. The SMILES string of the molecule is Cc1ccc(C(=O)O[C@@H](C)CN2[C@H](C)CCC[C@@H]2C)cc1. The highest BCUT2D eigenvalue weighted by atomic mass is 16.5. The summed E-state index contributed by atoms with van der Waals surface area (Å²) in [5, 5.41) is 0. The van der Waals surface area contributed by atoms with Gasteiger partial charge < -0.3 is 4.74 Å². The smallest absolute Gasteiger partial charge is 0.338 e.